The highest BCUT2D eigenvalue weighted by atomic mass is 16.3. The molecule has 3 aromatic carbocycles. The number of Topliss-reactive ketones (excluding diaryl/α,β-unsaturated/α-hetero) is 3. The number of aliphatic hydroxyl groups excluding tert-OH is 1. The maximum atomic E-state index is 13.3. The van der Waals surface area contributed by atoms with E-state index in [0.717, 1.165) is 60.9 Å². The summed E-state index contributed by atoms with van der Waals surface area (Å²) < 4.78 is 0. The molecule has 1 aromatic heterocycles. The molecule has 4 aromatic rings. The van der Waals surface area contributed by atoms with Crippen LogP contribution in [-0.2, 0) is 38.8 Å². The van der Waals surface area contributed by atoms with Gasteiger partial charge in [0, 0.05) is 43.5 Å². The van der Waals surface area contributed by atoms with Crippen LogP contribution in [0.5, 0.6) is 0 Å². The van der Waals surface area contributed by atoms with Crippen LogP contribution in [0.4, 0.5) is 0 Å². The standard InChI is InChI=1S/C42H46N2O4/c1-28-14-19-36(43-42(28)41(48)23-21-39(46)34-18-16-30-11-7-12-32(30)25-34)27-44(2)26-35-10-5-6-13-37(35)40(47)22-20-38(45)33-17-15-29-8-3-4-9-31(29)24-33/h5-6,10,13-19,24-25,39,46H,3-4,7-9,11-12,20-23,26-27H2,1-2H3. The number of ketones is 3. The van der Waals surface area contributed by atoms with Crippen LogP contribution in [0.15, 0.2) is 72.8 Å². The van der Waals surface area contributed by atoms with Crippen molar-refractivity contribution in [2.75, 3.05) is 7.05 Å². The summed E-state index contributed by atoms with van der Waals surface area (Å²) in [6.45, 7) is 2.91. The summed E-state index contributed by atoms with van der Waals surface area (Å²) in [4.78, 5) is 46.4. The number of hydrogen-bond acceptors (Lipinski definition) is 6. The molecule has 0 fully saturated rings. The van der Waals surface area contributed by atoms with Crippen molar-refractivity contribution in [2.24, 2.45) is 0 Å². The molecule has 0 saturated heterocycles. The van der Waals surface area contributed by atoms with Gasteiger partial charge in [-0.2, -0.15) is 0 Å². The SMILES string of the molecule is Cc1ccc(CN(C)Cc2ccccc2C(=O)CCC(=O)c2ccc3c(c2)CCCC3)nc1C(=O)CCC(O)c1ccc2c(c1)CCC2. The molecule has 0 amide bonds. The zero-order chi connectivity index (χ0) is 33.6. The predicted octanol–water partition coefficient (Wildman–Crippen LogP) is 7.93. The fourth-order valence-electron chi connectivity index (χ4n) is 7.26. The van der Waals surface area contributed by atoms with E-state index >= 15 is 0 Å². The Morgan fingerprint density at radius 3 is 2.25 bits per heavy atom. The van der Waals surface area contributed by atoms with Gasteiger partial charge in [-0.05, 0) is 116 Å². The lowest BCUT2D eigenvalue weighted by molar-refractivity contribution is 0.0916. The first-order valence-electron chi connectivity index (χ1n) is 17.5. The van der Waals surface area contributed by atoms with Crippen molar-refractivity contribution < 1.29 is 19.5 Å². The van der Waals surface area contributed by atoms with Gasteiger partial charge in [0.1, 0.15) is 5.69 Å². The van der Waals surface area contributed by atoms with E-state index in [9.17, 15) is 19.5 Å². The Morgan fingerprint density at radius 1 is 0.729 bits per heavy atom. The third-order valence-corrected chi connectivity index (χ3v) is 10.0. The molecule has 6 rings (SSSR count). The molecule has 0 saturated carbocycles. The molecular formula is C42H46N2O4. The van der Waals surface area contributed by atoms with E-state index in [1.165, 1.54) is 28.7 Å². The first-order valence-corrected chi connectivity index (χ1v) is 17.5. The Labute approximate surface area is 284 Å². The maximum absolute atomic E-state index is 13.3. The molecule has 0 spiro atoms. The third kappa shape index (κ3) is 8.05. The molecule has 2 aliphatic rings. The van der Waals surface area contributed by atoms with Crippen molar-refractivity contribution >= 4 is 17.3 Å². The summed E-state index contributed by atoms with van der Waals surface area (Å²) in [5.41, 5.74) is 10.4. The number of aromatic nitrogens is 1. The van der Waals surface area contributed by atoms with Gasteiger partial charge in [-0.3, -0.25) is 19.3 Å². The zero-order valence-corrected chi connectivity index (χ0v) is 28.3. The lowest BCUT2D eigenvalue weighted by atomic mass is 9.89. The predicted molar refractivity (Wildman–Crippen MR) is 189 cm³/mol. The van der Waals surface area contributed by atoms with Gasteiger partial charge in [-0.1, -0.05) is 60.7 Å². The molecule has 1 unspecified atom stereocenters. The van der Waals surface area contributed by atoms with Crippen LogP contribution < -0.4 is 0 Å². The number of aliphatic hydroxyl groups is 1. The highest BCUT2D eigenvalue weighted by Gasteiger charge is 2.20. The average Bonchev–Trinajstić information content (AvgIpc) is 3.58. The van der Waals surface area contributed by atoms with E-state index in [1.807, 2.05) is 68.6 Å². The molecular weight excluding hydrogens is 596 g/mol. The maximum Gasteiger partial charge on any atom is 0.181 e. The first kappa shape index (κ1) is 33.6. The summed E-state index contributed by atoms with van der Waals surface area (Å²) in [7, 11) is 1.97. The molecule has 1 heterocycles. The molecule has 48 heavy (non-hydrogen) atoms. The topological polar surface area (TPSA) is 87.6 Å². The van der Waals surface area contributed by atoms with Gasteiger partial charge in [-0.15, -0.1) is 0 Å². The number of pyridine rings is 1. The van der Waals surface area contributed by atoms with Crippen LogP contribution >= 0.6 is 0 Å². The smallest absolute Gasteiger partial charge is 0.181 e. The number of hydrogen-bond donors (Lipinski definition) is 1. The van der Waals surface area contributed by atoms with Crippen molar-refractivity contribution in [2.45, 2.75) is 96.7 Å². The van der Waals surface area contributed by atoms with Crippen LogP contribution in [0.2, 0.25) is 0 Å². The molecule has 0 bridgehead atoms. The van der Waals surface area contributed by atoms with E-state index < -0.39 is 6.10 Å². The lowest BCUT2D eigenvalue weighted by Gasteiger charge is -2.19. The monoisotopic (exact) mass is 642 g/mol. The fraction of sp³-hybridized carbons (Fsp3) is 0.381. The van der Waals surface area contributed by atoms with Crippen LogP contribution in [0.3, 0.4) is 0 Å². The average molecular weight is 643 g/mol. The molecule has 6 heteroatoms. The highest BCUT2D eigenvalue weighted by Crippen LogP contribution is 2.28. The van der Waals surface area contributed by atoms with Crippen LogP contribution in [0.25, 0.3) is 0 Å². The number of nitrogens with zero attached hydrogens (tertiary/aromatic N) is 2. The summed E-state index contributed by atoms with van der Waals surface area (Å²) in [6.07, 6.45) is 8.03. The molecule has 1 atom stereocenters. The van der Waals surface area contributed by atoms with Crippen LogP contribution in [0.1, 0.15) is 127 Å². The van der Waals surface area contributed by atoms with E-state index in [4.69, 9.17) is 4.98 Å². The first-order chi connectivity index (χ1) is 23.2. The molecule has 0 radical (unpaired) electrons. The summed E-state index contributed by atoms with van der Waals surface area (Å²) in [6, 6.07) is 23.7. The number of carbonyl (C=O) groups is 3. The number of fused-ring (bicyclic) bond motifs is 2. The number of benzene rings is 3. The number of aryl methyl sites for hydroxylation is 5. The Morgan fingerprint density at radius 2 is 1.42 bits per heavy atom. The van der Waals surface area contributed by atoms with Crippen LogP contribution in [-0.4, -0.2) is 39.4 Å². The molecule has 0 aliphatic heterocycles. The molecule has 2 aliphatic carbocycles. The summed E-state index contributed by atoms with van der Waals surface area (Å²) in [5, 5.41) is 10.8. The fourth-order valence-corrected chi connectivity index (χ4v) is 7.26. The third-order valence-electron chi connectivity index (χ3n) is 10.0. The lowest BCUT2D eigenvalue weighted by Crippen LogP contribution is -2.21. The second-order valence-electron chi connectivity index (χ2n) is 13.7. The molecule has 248 valence electrons. The van der Waals surface area contributed by atoms with E-state index in [0.29, 0.717) is 36.3 Å². The van der Waals surface area contributed by atoms with Gasteiger partial charge in [0.25, 0.3) is 0 Å². The van der Waals surface area contributed by atoms with Gasteiger partial charge in [0.05, 0.1) is 11.8 Å². The minimum absolute atomic E-state index is 0.0138. The van der Waals surface area contributed by atoms with Crippen molar-refractivity contribution in [3.8, 4) is 0 Å². The molecule has 1 N–H and O–H groups in total. The summed E-state index contributed by atoms with van der Waals surface area (Å²) >= 11 is 0. The second-order valence-corrected chi connectivity index (χ2v) is 13.7. The minimum atomic E-state index is -0.682. The second kappa shape index (κ2) is 15.3. The van der Waals surface area contributed by atoms with Crippen molar-refractivity contribution in [1.29, 1.82) is 0 Å². The number of carbonyl (C=O) groups excluding carboxylic acids is 3. The Kier molecular flexibility index (Phi) is 10.7. The zero-order valence-electron chi connectivity index (χ0n) is 28.3. The van der Waals surface area contributed by atoms with Gasteiger partial charge in [-0.25, -0.2) is 4.98 Å². The largest absolute Gasteiger partial charge is 0.388 e. The van der Waals surface area contributed by atoms with Crippen LogP contribution in [0, 0.1) is 6.92 Å². The van der Waals surface area contributed by atoms with Crippen molar-refractivity contribution in [3.63, 3.8) is 0 Å². The minimum Gasteiger partial charge on any atom is -0.388 e. The quantitative estimate of drug-likeness (QED) is 0.141. The normalized spacial score (nSPS) is 14.4. The van der Waals surface area contributed by atoms with E-state index in [-0.39, 0.29) is 36.6 Å². The van der Waals surface area contributed by atoms with Crippen molar-refractivity contribution in [3.05, 3.63) is 134 Å². The molecule has 6 nitrogen and oxygen atoms in total. The Balaban J connectivity index is 1.04. The van der Waals surface area contributed by atoms with Gasteiger partial charge in [0.15, 0.2) is 17.3 Å². The van der Waals surface area contributed by atoms with E-state index in [1.54, 1.807) is 0 Å². The van der Waals surface area contributed by atoms with Gasteiger partial charge in [0.2, 0.25) is 0 Å². The van der Waals surface area contributed by atoms with E-state index in [2.05, 4.69) is 23.1 Å². The van der Waals surface area contributed by atoms with Crippen molar-refractivity contribution in [1.82, 2.24) is 9.88 Å². The van der Waals surface area contributed by atoms with Gasteiger partial charge < -0.3 is 5.11 Å². The summed E-state index contributed by atoms with van der Waals surface area (Å²) in [5.74, 6) is -0.0910. The highest BCUT2D eigenvalue weighted by molar-refractivity contribution is 6.03. The van der Waals surface area contributed by atoms with Gasteiger partial charge >= 0.3 is 0 Å². The number of rotatable bonds is 14. The Hall–Kier alpha value is -4.26. The Bertz CT molecular complexity index is 1830.